The van der Waals surface area contributed by atoms with Gasteiger partial charge in [-0.3, -0.25) is 14.2 Å². The minimum atomic E-state index is -0.101. The lowest BCUT2D eigenvalue weighted by Gasteiger charge is -2.31. The molecule has 25 heavy (non-hydrogen) atoms. The Morgan fingerprint density at radius 3 is 2.76 bits per heavy atom. The number of nitrogens with zero attached hydrogens (tertiary/aromatic N) is 3. The molecule has 0 aliphatic heterocycles. The Balaban J connectivity index is 1.90. The van der Waals surface area contributed by atoms with Gasteiger partial charge in [-0.1, -0.05) is 37.9 Å². The minimum Gasteiger partial charge on any atom is -0.341 e. The van der Waals surface area contributed by atoms with Crippen molar-refractivity contribution in [2.75, 3.05) is 13.3 Å². The predicted molar refractivity (Wildman–Crippen MR) is 105 cm³/mol. The highest BCUT2D eigenvalue weighted by molar-refractivity contribution is 7.98. The van der Waals surface area contributed by atoms with E-state index >= 15 is 0 Å². The van der Waals surface area contributed by atoms with Gasteiger partial charge in [-0.15, -0.1) is 11.3 Å². The lowest BCUT2D eigenvalue weighted by Crippen LogP contribution is -2.41. The predicted octanol–water partition coefficient (Wildman–Crippen LogP) is 3.53. The molecule has 0 bridgehead atoms. The molecular formula is C18H25N3O2S2. The summed E-state index contributed by atoms with van der Waals surface area (Å²) in [6.07, 6.45) is 8.53. The largest absolute Gasteiger partial charge is 0.341 e. The number of hydrogen-bond donors (Lipinski definition) is 0. The van der Waals surface area contributed by atoms with Gasteiger partial charge in [0, 0.05) is 18.0 Å². The highest BCUT2D eigenvalue weighted by Crippen LogP contribution is 2.25. The molecule has 1 aliphatic carbocycles. The van der Waals surface area contributed by atoms with Gasteiger partial charge in [0.1, 0.15) is 11.4 Å². The number of thiophene rings is 1. The van der Waals surface area contributed by atoms with Crippen molar-refractivity contribution in [1.82, 2.24) is 14.5 Å². The first-order valence-corrected chi connectivity index (χ1v) is 10.9. The average molecular weight is 380 g/mol. The molecule has 1 saturated carbocycles. The van der Waals surface area contributed by atoms with Crippen LogP contribution in [0.3, 0.4) is 0 Å². The minimum absolute atomic E-state index is 0.00334. The molecule has 5 nitrogen and oxygen atoms in total. The molecule has 1 fully saturated rings. The van der Waals surface area contributed by atoms with Gasteiger partial charge in [0.05, 0.1) is 5.39 Å². The first kappa shape index (κ1) is 18.5. The summed E-state index contributed by atoms with van der Waals surface area (Å²) in [5, 5.41) is 1.25. The molecule has 2 aromatic heterocycles. The summed E-state index contributed by atoms with van der Waals surface area (Å²) in [4.78, 5) is 34.1. The van der Waals surface area contributed by atoms with E-state index in [0.29, 0.717) is 16.6 Å². The first-order chi connectivity index (χ1) is 12.0. The summed E-state index contributed by atoms with van der Waals surface area (Å²) in [5.41, 5.74) is -0.101. The monoisotopic (exact) mass is 379 g/mol. The fourth-order valence-corrected chi connectivity index (χ4v) is 5.00. The summed E-state index contributed by atoms with van der Waals surface area (Å²) in [5.74, 6) is -0.00334. The van der Waals surface area contributed by atoms with E-state index in [1.54, 1.807) is 15.9 Å². The van der Waals surface area contributed by atoms with Gasteiger partial charge in [0.2, 0.25) is 5.91 Å². The molecule has 0 radical (unpaired) electrons. The molecule has 0 atom stereocenters. The van der Waals surface area contributed by atoms with Crippen LogP contribution in [-0.2, 0) is 17.8 Å². The van der Waals surface area contributed by atoms with Crippen LogP contribution < -0.4 is 5.56 Å². The highest BCUT2D eigenvalue weighted by atomic mass is 32.2. The van der Waals surface area contributed by atoms with Crippen LogP contribution in [0.5, 0.6) is 0 Å². The van der Waals surface area contributed by atoms with E-state index in [1.165, 1.54) is 31.0 Å². The number of aromatic nitrogens is 2. The number of thioether (sulfide) groups is 1. The molecule has 136 valence electrons. The standard InChI is InChI=1S/C18H25N3O2S2/c1-4-13-10-14-16(25-13)19-18(24-3)21(17(14)23)11-15(22)20(2)12-8-6-5-7-9-12/h10,12H,4-9,11H2,1-3H3. The number of likely N-dealkylation sites (N-methyl/N-ethyl adjacent to an activating group) is 1. The van der Waals surface area contributed by atoms with Gasteiger partial charge in [0.25, 0.3) is 5.56 Å². The van der Waals surface area contributed by atoms with Crippen LogP contribution in [0.1, 0.15) is 43.9 Å². The van der Waals surface area contributed by atoms with Crippen LogP contribution in [0.15, 0.2) is 16.0 Å². The Morgan fingerprint density at radius 1 is 1.40 bits per heavy atom. The van der Waals surface area contributed by atoms with Crippen LogP contribution in [0.25, 0.3) is 10.2 Å². The smallest absolute Gasteiger partial charge is 0.263 e. The summed E-state index contributed by atoms with van der Waals surface area (Å²) in [6.45, 7) is 2.14. The zero-order valence-corrected chi connectivity index (χ0v) is 16.7. The van der Waals surface area contributed by atoms with Gasteiger partial charge in [-0.05, 0) is 31.6 Å². The van der Waals surface area contributed by atoms with Crippen molar-refractivity contribution in [2.24, 2.45) is 0 Å². The normalized spacial score (nSPS) is 15.6. The molecule has 0 spiro atoms. The van der Waals surface area contributed by atoms with E-state index in [0.717, 1.165) is 29.0 Å². The third kappa shape index (κ3) is 3.77. The quantitative estimate of drug-likeness (QED) is 0.589. The van der Waals surface area contributed by atoms with Crippen molar-refractivity contribution >= 4 is 39.2 Å². The molecule has 0 unspecified atom stereocenters. The number of aryl methyl sites for hydroxylation is 1. The van der Waals surface area contributed by atoms with E-state index in [4.69, 9.17) is 0 Å². The number of amides is 1. The van der Waals surface area contributed by atoms with Crippen molar-refractivity contribution in [2.45, 2.75) is 63.2 Å². The zero-order chi connectivity index (χ0) is 18.0. The molecule has 1 amide bonds. The summed E-state index contributed by atoms with van der Waals surface area (Å²) >= 11 is 2.98. The van der Waals surface area contributed by atoms with Crippen LogP contribution in [-0.4, -0.2) is 39.7 Å². The van der Waals surface area contributed by atoms with Crippen molar-refractivity contribution in [1.29, 1.82) is 0 Å². The van der Waals surface area contributed by atoms with Crippen LogP contribution in [0, 0.1) is 0 Å². The average Bonchev–Trinajstić information content (AvgIpc) is 3.07. The second-order valence-electron chi connectivity index (χ2n) is 6.57. The van der Waals surface area contributed by atoms with Gasteiger partial charge >= 0.3 is 0 Å². The third-order valence-electron chi connectivity index (χ3n) is 5.01. The summed E-state index contributed by atoms with van der Waals surface area (Å²) in [7, 11) is 1.87. The first-order valence-electron chi connectivity index (χ1n) is 8.88. The molecular weight excluding hydrogens is 354 g/mol. The lowest BCUT2D eigenvalue weighted by atomic mass is 9.94. The molecule has 1 aliphatic rings. The van der Waals surface area contributed by atoms with Crippen molar-refractivity contribution < 1.29 is 4.79 Å². The van der Waals surface area contributed by atoms with Crippen molar-refractivity contribution in [3.63, 3.8) is 0 Å². The maximum atomic E-state index is 12.9. The van der Waals surface area contributed by atoms with Crippen molar-refractivity contribution in [3.8, 4) is 0 Å². The second-order valence-corrected chi connectivity index (χ2v) is 8.46. The Morgan fingerprint density at radius 2 is 2.12 bits per heavy atom. The van der Waals surface area contributed by atoms with E-state index < -0.39 is 0 Å². The van der Waals surface area contributed by atoms with Crippen LogP contribution >= 0.6 is 23.1 Å². The molecule has 7 heteroatoms. The Kier molecular flexibility index (Phi) is 5.84. The Bertz CT molecular complexity index is 822. The fraction of sp³-hybridized carbons (Fsp3) is 0.611. The maximum Gasteiger partial charge on any atom is 0.263 e. The highest BCUT2D eigenvalue weighted by Gasteiger charge is 2.24. The number of rotatable bonds is 5. The van der Waals surface area contributed by atoms with Gasteiger partial charge in [-0.2, -0.15) is 0 Å². The number of carbonyl (C=O) groups is 1. The Labute approximate surface area is 156 Å². The molecule has 2 heterocycles. The van der Waals surface area contributed by atoms with Gasteiger partial charge in [-0.25, -0.2) is 4.98 Å². The van der Waals surface area contributed by atoms with E-state index in [1.807, 2.05) is 24.3 Å². The molecule has 0 saturated heterocycles. The summed E-state index contributed by atoms with van der Waals surface area (Å²) < 4.78 is 1.54. The maximum absolute atomic E-state index is 12.9. The van der Waals surface area contributed by atoms with E-state index in [-0.39, 0.29) is 18.0 Å². The van der Waals surface area contributed by atoms with E-state index in [2.05, 4.69) is 11.9 Å². The molecule has 0 N–H and O–H groups in total. The topological polar surface area (TPSA) is 55.2 Å². The SMILES string of the molecule is CCc1cc2c(=O)n(CC(=O)N(C)C3CCCCC3)c(SC)nc2s1. The number of carbonyl (C=O) groups excluding carboxylic acids is 1. The molecule has 0 aromatic carbocycles. The molecule has 3 rings (SSSR count). The Hall–Kier alpha value is -1.34. The number of hydrogen-bond acceptors (Lipinski definition) is 5. The van der Waals surface area contributed by atoms with Crippen molar-refractivity contribution in [3.05, 3.63) is 21.3 Å². The number of fused-ring (bicyclic) bond motifs is 1. The second kappa shape index (κ2) is 7.91. The van der Waals surface area contributed by atoms with Gasteiger partial charge in [0.15, 0.2) is 5.16 Å². The molecule has 2 aromatic rings. The van der Waals surface area contributed by atoms with Crippen LogP contribution in [0.4, 0.5) is 0 Å². The fourth-order valence-electron chi connectivity index (χ4n) is 3.44. The zero-order valence-electron chi connectivity index (χ0n) is 15.1. The summed E-state index contributed by atoms with van der Waals surface area (Å²) in [6, 6.07) is 2.23. The van der Waals surface area contributed by atoms with Crippen LogP contribution in [0.2, 0.25) is 0 Å². The van der Waals surface area contributed by atoms with E-state index in [9.17, 15) is 9.59 Å². The third-order valence-corrected chi connectivity index (χ3v) is 6.86. The lowest BCUT2D eigenvalue weighted by molar-refractivity contribution is -0.133. The van der Waals surface area contributed by atoms with Gasteiger partial charge < -0.3 is 4.90 Å².